The highest BCUT2D eigenvalue weighted by atomic mass is 32.2. The molecule has 7 nitrogen and oxygen atoms in total. The van der Waals surface area contributed by atoms with Crippen molar-refractivity contribution in [3.8, 4) is 0 Å². The monoisotopic (exact) mass is 399 g/mol. The summed E-state index contributed by atoms with van der Waals surface area (Å²) >= 11 is 0. The number of fused-ring (bicyclic) bond motifs is 1. The fourth-order valence-electron chi connectivity index (χ4n) is 3.91. The van der Waals surface area contributed by atoms with Gasteiger partial charge in [-0.15, -0.1) is 0 Å². The van der Waals surface area contributed by atoms with Crippen LogP contribution in [0.5, 0.6) is 0 Å². The molecule has 148 valence electrons. The van der Waals surface area contributed by atoms with E-state index in [9.17, 15) is 8.42 Å². The third-order valence-corrected chi connectivity index (χ3v) is 6.26. The summed E-state index contributed by atoms with van der Waals surface area (Å²) in [6, 6.07) is 12.4. The number of primary sulfonamides is 1. The third-order valence-electron chi connectivity index (χ3n) is 5.46. The van der Waals surface area contributed by atoms with Gasteiger partial charge in [-0.1, -0.05) is 30.3 Å². The molecule has 1 fully saturated rings. The molecule has 3 heterocycles. The average molecular weight is 400 g/mol. The van der Waals surface area contributed by atoms with Gasteiger partial charge in [0.1, 0.15) is 17.8 Å². The number of hydrogen-bond donors (Lipinski definition) is 1. The van der Waals surface area contributed by atoms with Crippen LogP contribution in [0.25, 0.3) is 11.0 Å². The Morgan fingerprint density at radius 3 is 2.54 bits per heavy atom. The maximum atomic E-state index is 11.2. The summed E-state index contributed by atoms with van der Waals surface area (Å²) in [5.74, 6) is 1.42. The topological polar surface area (TPSA) is 94.1 Å². The highest BCUT2D eigenvalue weighted by Gasteiger charge is 2.23. The smallest absolute Gasteiger partial charge is 0.209 e. The molecule has 8 heteroatoms. The molecular formula is C20H25N5O2S. The lowest BCUT2D eigenvalue weighted by molar-refractivity contribution is 0.394. The van der Waals surface area contributed by atoms with Crippen LogP contribution in [0.3, 0.4) is 0 Å². The zero-order valence-electron chi connectivity index (χ0n) is 15.7. The molecule has 0 aliphatic carbocycles. The number of sulfonamides is 1. The Morgan fingerprint density at radius 2 is 1.82 bits per heavy atom. The first-order valence-corrected chi connectivity index (χ1v) is 11.3. The number of aromatic nitrogens is 3. The average Bonchev–Trinajstić information content (AvgIpc) is 3.10. The van der Waals surface area contributed by atoms with E-state index in [-0.39, 0.29) is 5.75 Å². The van der Waals surface area contributed by atoms with Gasteiger partial charge in [-0.05, 0) is 36.8 Å². The minimum absolute atomic E-state index is 0.0672. The lowest BCUT2D eigenvalue weighted by atomic mass is 9.94. The quantitative estimate of drug-likeness (QED) is 0.687. The lowest BCUT2D eigenvalue weighted by Gasteiger charge is -2.33. The fourth-order valence-corrected chi connectivity index (χ4v) is 4.58. The molecule has 0 atom stereocenters. The Labute approximate surface area is 165 Å². The standard InChI is InChI=1S/C20H25N5O2S/c21-28(26,27)13-9-16-6-10-24(11-7-16)19-18-8-12-25(20(18)23-15-22-19)14-17-4-2-1-3-5-17/h1-5,8,12,15-16H,6-7,9-11,13-14H2,(H2,21,26,27). The van der Waals surface area contributed by atoms with Gasteiger partial charge in [0.25, 0.3) is 0 Å². The van der Waals surface area contributed by atoms with Crippen LogP contribution in [-0.2, 0) is 16.6 Å². The van der Waals surface area contributed by atoms with E-state index in [1.165, 1.54) is 5.56 Å². The van der Waals surface area contributed by atoms with Crippen molar-refractivity contribution < 1.29 is 8.42 Å². The highest BCUT2D eigenvalue weighted by molar-refractivity contribution is 7.89. The molecule has 1 aliphatic heterocycles. The molecule has 1 saturated heterocycles. The van der Waals surface area contributed by atoms with Crippen molar-refractivity contribution in [2.75, 3.05) is 23.7 Å². The van der Waals surface area contributed by atoms with Crippen LogP contribution in [0.4, 0.5) is 5.82 Å². The fraction of sp³-hybridized carbons (Fsp3) is 0.400. The van der Waals surface area contributed by atoms with Crippen molar-refractivity contribution >= 4 is 26.9 Å². The number of benzene rings is 1. The Bertz CT molecular complexity index is 1040. The minimum atomic E-state index is -3.38. The van der Waals surface area contributed by atoms with Gasteiger partial charge >= 0.3 is 0 Å². The van der Waals surface area contributed by atoms with Crippen LogP contribution in [0.15, 0.2) is 48.9 Å². The number of nitrogens with zero attached hydrogens (tertiary/aromatic N) is 4. The van der Waals surface area contributed by atoms with Crippen LogP contribution >= 0.6 is 0 Å². The van der Waals surface area contributed by atoms with Gasteiger partial charge in [0.05, 0.1) is 11.1 Å². The van der Waals surface area contributed by atoms with E-state index in [0.29, 0.717) is 12.3 Å². The zero-order valence-corrected chi connectivity index (χ0v) is 16.6. The molecule has 2 aromatic heterocycles. The summed E-state index contributed by atoms with van der Waals surface area (Å²) in [6.07, 6.45) is 6.23. The number of piperidine rings is 1. The third kappa shape index (κ3) is 4.34. The van der Waals surface area contributed by atoms with E-state index in [1.807, 2.05) is 18.2 Å². The van der Waals surface area contributed by atoms with Crippen molar-refractivity contribution in [3.05, 3.63) is 54.5 Å². The van der Waals surface area contributed by atoms with Gasteiger partial charge in [0.2, 0.25) is 10.0 Å². The van der Waals surface area contributed by atoms with Crippen molar-refractivity contribution in [1.29, 1.82) is 0 Å². The van der Waals surface area contributed by atoms with Crippen molar-refractivity contribution in [2.24, 2.45) is 11.1 Å². The van der Waals surface area contributed by atoms with Crippen molar-refractivity contribution in [1.82, 2.24) is 14.5 Å². The first-order valence-electron chi connectivity index (χ1n) is 9.59. The Kier molecular flexibility index (Phi) is 5.32. The summed E-state index contributed by atoms with van der Waals surface area (Å²) < 4.78 is 24.5. The molecular weight excluding hydrogens is 374 g/mol. The van der Waals surface area contributed by atoms with Crippen LogP contribution in [0, 0.1) is 5.92 Å². The molecule has 0 bridgehead atoms. The molecule has 28 heavy (non-hydrogen) atoms. The summed E-state index contributed by atoms with van der Waals surface area (Å²) in [4.78, 5) is 11.3. The van der Waals surface area contributed by atoms with Gasteiger partial charge in [0.15, 0.2) is 0 Å². The Balaban J connectivity index is 1.48. The normalized spacial score (nSPS) is 16.0. The maximum Gasteiger partial charge on any atom is 0.209 e. The SMILES string of the molecule is NS(=O)(=O)CCC1CCN(c2ncnc3c2ccn3Cc2ccccc2)CC1. The molecule has 3 aromatic rings. The molecule has 0 radical (unpaired) electrons. The lowest BCUT2D eigenvalue weighted by Crippen LogP contribution is -2.35. The molecule has 2 N–H and O–H groups in total. The molecule has 1 aromatic carbocycles. The van der Waals surface area contributed by atoms with Crippen molar-refractivity contribution in [3.63, 3.8) is 0 Å². The number of hydrogen-bond acceptors (Lipinski definition) is 5. The van der Waals surface area contributed by atoms with E-state index < -0.39 is 10.0 Å². The molecule has 0 unspecified atom stereocenters. The van der Waals surface area contributed by atoms with Crippen LogP contribution in [-0.4, -0.2) is 41.8 Å². The first-order chi connectivity index (χ1) is 13.5. The largest absolute Gasteiger partial charge is 0.356 e. The van der Waals surface area contributed by atoms with E-state index in [1.54, 1.807) is 6.33 Å². The second-order valence-corrected chi connectivity index (χ2v) is 9.18. The molecule has 4 rings (SSSR count). The summed E-state index contributed by atoms with van der Waals surface area (Å²) in [7, 11) is -3.38. The van der Waals surface area contributed by atoms with Crippen LogP contribution in [0.1, 0.15) is 24.8 Å². The zero-order chi connectivity index (χ0) is 19.6. The molecule has 0 saturated carbocycles. The predicted octanol–water partition coefficient (Wildman–Crippen LogP) is 2.37. The molecule has 0 amide bonds. The summed E-state index contributed by atoms with van der Waals surface area (Å²) in [5.41, 5.74) is 2.17. The maximum absolute atomic E-state index is 11.2. The molecule has 1 aliphatic rings. The number of nitrogens with two attached hydrogens (primary N) is 1. The van der Waals surface area contributed by atoms with E-state index in [0.717, 1.165) is 49.3 Å². The van der Waals surface area contributed by atoms with E-state index in [4.69, 9.17) is 5.14 Å². The second-order valence-electron chi connectivity index (χ2n) is 7.45. The molecule has 0 spiro atoms. The van der Waals surface area contributed by atoms with Gasteiger partial charge in [-0.25, -0.2) is 23.5 Å². The van der Waals surface area contributed by atoms with E-state index in [2.05, 4.69) is 43.8 Å². The second kappa shape index (κ2) is 7.89. The van der Waals surface area contributed by atoms with Crippen LogP contribution < -0.4 is 10.0 Å². The van der Waals surface area contributed by atoms with Gasteiger partial charge in [-0.3, -0.25) is 0 Å². The van der Waals surface area contributed by atoms with Gasteiger partial charge in [0, 0.05) is 25.8 Å². The number of rotatable bonds is 6. The highest BCUT2D eigenvalue weighted by Crippen LogP contribution is 2.29. The van der Waals surface area contributed by atoms with Gasteiger partial charge < -0.3 is 9.47 Å². The first kappa shape index (κ1) is 18.9. The van der Waals surface area contributed by atoms with Crippen molar-refractivity contribution in [2.45, 2.75) is 25.8 Å². The Hall–Kier alpha value is -2.45. The number of anilines is 1. The minimum Gasteiger partial charge on any atom is -0.356 e. The van der Waals surface area contributed by atoms with Crippen LogP contribution in [0.2, 0.25) is 0 Å². The predicted molar refractivity (Wildman–Crippen MR) is 111 cm³/mol. The Morgan fingerprint density at radius 1 is 1.07 bits per heavy atom. The van der Waals surface area contributed by atoms with E-state index >= 15 is 0 Å². The summed E-state index contributed by atoms with van der Waals surface area (Å²) in [6.45, 7) is 2.51. The van der Waals surface area contributed by atoms with Gasteiger partial charge in [-0.2, -0.15) is 0 Å². The summed E-state index contributed by atoms with van der Waals surface area (Å²) in [5, 5.41) is 6.19.